The van der Waals surface area contributed by atoms with E-state index in [0.29, 0.717) is 31.3 Å². The Hall–Kier alpha value is -3.02. The number of pyridine rings is 1. The van der Waals surface area contributed by atoms with Crippen LogP contribution in [0.3, 0.4) is 0 Å². The van der Waals surface area contributed by atoms with Gasteiger partial charge in [0, 0.05) is 36.0 Å². The summed E-state index contributed by atoms with van der Waals surface area (Å²) in [6, 6.07) is 11.9. The number of hydrogen-bond donors (Lipinski definition) is 0. The summed E-state index contributed by atoms with van der Waals surface area (Å²) in [5.41, 5.74) is 4.32. The zero-order valence-corrected chi connectivity index (χ0v) is 16.3. The standard InChI is InChI=1S/C22H24N4O2/c1-15-3-6-18(7-4-15)21-24-14-20(25-21)17-9-11-26(12-10-17)22(27)28-19-8-5-16(2)23-13-19/h3-8,13,17H,9-12,14H2,1-2H3. The predicted octanol–water partition coefficient (Wildman–Crippen LogP) is 3.81. The maximum atomic E-state index is 12.4. The number of rotatable bonds is 3. The first kappa shape index (κ1) is 18.3. The van der Waals surface area contributed by atoms with E-state index < -0.39 is 0 Å². The second-order valence-electron chi connectivity index (χ2n) is 7.37. The lowest BCUT2D eigenvalue weighted by Crippen LogP contribution is -2.41. The quantitative estimate of drug-likeness (QED) is 0.818. The molecule has 4 rings (SSSR count). The Labute approximate surface area is 165 Å². The topological polar surface area (TPSA) is 67.2 Å². The average Bonchev–Trinajstić information content (AvgIpc) is 3.20. The number of nitrogens with zero attached hydrogens (tertiary/aromatic N) is 4. The van der Waals surface area contributed by atoms with Crippen LogP contribution in [-0.2, 0) is 0 Å². The summed E-state index contributed by atoms with van der Waals surface area (Å²) >= 11 is 0. The molecule has 6 nitrogen and oxygen atoms in total. The van der Waals surface area contributed by atoms with Gasteiger partial charge in [0.2, 0.25) is 0 Å². The number of benzene rings is 1. The van der Waals surface area contributed by atoms with Gasteiger partial charge in [0.25, 0.3) is 0 Å². The summed E-state index contributed by atoms with van der Waals surface area (Å²) < 4.78 is 5.43. The van der Waals surface area contributed by atoms with Crippen molar-refractivity contribution in [2.24, 2.45) is 15.9 Å². The minimum Gasteiger partial charge on any atom is -0.409 e. The molecular weight excluding hydrogens is 352 g/mol. The molecular formula is C22H24N4O2. The third-order valence-electron chi connectivity index (χ3n) is 5.26. The highest BCUT2D eigenvalue weighted by molar-refractivity contribution is 6.12. The molecule has 144 valence electrons. The monoisotopic (exact) mass is 376 g/mol. The second kappa shape index (κ2) is 7.92. The predicted molar refractivity (Wildman–Crippen MR) is 109 cm³/mol. The molecule has 2 aliphatic heterocycles. The number of aliphatic imine (C=N–C) groups is 2. The van der Waals surface area contributed by atoms with Crippen LogP contribution in [0.15, 0.2) is 52.6 Å². The molecule has 0 bridgehead atoms. The minimum absolute atomic E-state index is 0.311. The van der Waals surface area contributed by atoms with Gasteiger partial charge in [0.1, 0.15) is 0 Å². The van der Waals surface area contributed by atoms with Crippen LogP contribution in [0.25, 0.3) is 0 Å². The Morgan fingerprint density at radius 1 is 1.07 bits per heavy atom. The van der Waals surface area contributed by atoms with Crippen LogP contribution in [-0.4, -0.2) is 47.2 Å². The molecule has 0 radical (unpaired) electrons. The van der Waals surface area contributed by atoms with E-state index in [0.717, 1.165) is 35.6 Å². The first-order valence-electron chi connectivity index (χ1n) is 9.67. The summed E-state index contributed by atoms with van der Waals surface area (Å²) in [6.07, 6.45) is 3.04. The third-order valence-corrected chi connectivity index (χ3v) is 5.26. The molecule has 1 aromatic heterocycles. The van der Waals surface area contributed by atoms with Crippen molar-refractivity contribution in [1.82, 2.24) is 9.88 Å². The van der Waals surface area contributed by atoms with Gasteiger partial charge in [-0.15, -0.1) is 0 Å². The number of hydrogen-bond acceptors (Lipinski definition) is 5. The van der Waals surface area contributed by atoms with E-state index in [2.05, 4.69) is 41.2 Å². The van der Waals surface area contributed by atoms with Crippen molar-refractivity contribution in [2.75, 3.05) is 19.6 Å². The summed E-state index contributed by atoms with van der Waals surface area (Å²) in [4.78, 5) is 27.7. The van der Waals surface area contributed by atoms with Crippen LogP contribution in [0.1, 0.15) is 29.7 Å². The molecule has 1 amide bonds. The lowest BCUT2D eigenvalue weighted by molar-refractivity contribution is 0.137. The van der Waals surface area contributed by atoms with Gasteiger partial charge in [-0.2, -0.15) is 0 Å². The van der Waals surface area contributed by atoms with Crippen molar-refractivity contribution in [3.63, 3.8) is 0 Å². The first-order chi connectivity index (χ1) is 13.6. The van der Waals surface area contributed by atoms with Gasteiger partial charge in [-0.25, -0.2) is 9.79 Å². The van der Waals surface area contributed by atoms with Crippen LogP contribution in [0, 0.1) is 19.8 Å². The van der Waals surface area contributed by atoms with Crippen LogP contribution in [0.5, 0.6) is 5.75 Å². The summed E-state index contributed by atoms with van der Waals surface area (Å²) in [5, 5.41) is 0. The lowest BCUT2D eigenvalue weighted by Gasteiger charge is -2.31. The fraction of sp³-hybridized carbons (Fsp3) is 0.364. The third kappa shape index (κ3) is 4.11. The van der Waals surface area contributed by atoms with E-state index in [1.165, 1.54) is 5.56 Å². The van der Waals surface area contributed by atoms with E-state index >= 15 is 0 Å². The molecule has 0 unspecified atom stereocenters. The zero-order valence-electron chi connectivity index (χ0n) is 16.3. The molecule has 0 aliphatic carbocycles. The van der Waals surface area contributed by atoms with Gasteiger partial charge < -0.3 is 9.64 Å². The van der Waals surface area contributed by atoms with Crippen LogP contribution < -0.4 is 4.74 Å². The van der Waals surface area contributed by atoms with Crippen molar-refractivity contribution in [1.29, 1.82) is 0 Å². The Kier molecular flexibility index (Phi) is 5.19. The number of likely N-dealkylation sites (tertiary alicyclic amines) is 1. The largest absolute Gasteiger partial charge is 0.415 e. The highest BCUT2D eigenvalue weighted by atomic mass is 16.6. The average molecular weight is 376 g/mol. The van der Waals surface area contributed by atoms with Gasteiger partial charge in [-0.3, -0.25) is 9.98 Å². The molecule has 0 saturated carbocycles. The molecule has 2 aliphatic rings. The smallest absolute Gasteiger partial charge is 0.409 e. The second-order valence-corrected chi connectivity index (χ2v) is 7.37. The fourth-order valence-electron chi connectivity index (χ4n) is 3.52. The maximum Gasteiger partial charge on any atom is 0.415 e. The zero-order chi connectivity index (χ0) is 19.5. The van der Waals surface area contributed by atoms with Crippen LogP contribution in [0.2, 0.25) is 0 Å². The molecule has 0 atom stereocenters. The van der Waals surface area contributed by atoms with Crippen molar-refractivity contribution in [3.05, 3.63) is 59.4 Å². The number of amides is 1. The van der Waals surface area contributed by atoms with E-state index in [1.807, 2.05) is 13.0 Å². The normalized spacial score (nSPS) is 17.3. The number of amidine groups is 1. The van der Waals surface area contributed by atoms with Crippen LogP contribution in [0.4, 0.5) is 4.79 Å². The van der Waals surface area contributed by atoms with E-state index in [4.69, 9.17) is 9.73 Å². The highest BCUT2D eigenvalue weighted by Gasteiger charge is 2.28. The van der Waals surface area contributed by atoms with Crippen LogP contribution >= 0.6 is 0 Å². The molecule has 28 heavy (non-hydrogen) atoms. The molecule has 6 heteroatoms. The SMILES string of the molecule is Cc1ccc(C2=NCC(C3CCN(C(=O)Oc4ccc(C)nc4)CC3)=N2)cc1. The first-order valence-corrected chi connectivity index (χ1v) is 9.67. The van der Waals surface area contributed by atoms with Crippen molar-refractivity contribution in [3.8, 4) is 5.75 Å². The Morgan fingerprint density at radius 2 is 1.82 bits per heavy atom. The fourth-order valence-corrected chi connectivity index (χ4v) is 3.52. The Balaban J connectivity index is 1.32. The van der Waals surface area contributed by atoms with Gasteiger partial charge >= 0.3 is 6.09 Å². The molecule has 0 N–H and O–H groups in total. The number of aryl methyl sites for hydroxylation is 2. The molecule has 0 spiro atoms. The molecule has 1 saturated heterocycles. The summed E-state index contributed by atoms with van der Waals surface area (Å²) in [5.74, 6) is 1.68. The van der Waals surface area contributed by atoms with Crippen molar-refractivity contribution < 1.29 is 9.53 Å². The van der Waals surface area contributed by atoms with Gasteiger partial charge in [0.15, 0.2) is 11.6 Å². The molecule has 1 aromatic carbocycles. The summed E-state index contributed by atoms with van der Waals surface area (Å²) in [6.45, 7) is 5.97. The molecule has 2 aromatic rings. The molecule has 1 fully saturated rings. The van der Waals surface area contributed by atoms with Gasteiger partial charge in [0.05, 0.1) is 12.7 Å². The van der Waals surface area contributed by atoms with Crippen molar-refractivity contribution in [2.45, 2.75) is 26.7 Å². The Bertz CT molecular complexity index is 909. The van der Waals surface area contributed by atoms with Gasteiger partial charge in [-0.1, -0.05) is 29.8 Å². The lowest BCUT2D eigenvalue weighted by atomic mass is 9.92. The van der Waals surface area contributed by atoms with Crippen molar-refractivity contribution >= 4 is 17.6 Å². The maximum absolute atomic E-state index is 12.4. The number of ether oxygens (including phenoxy) is 1. The molecule has 3 heterocycles. The highest BCUT2D eigenvalue weighted by Crippen LogP contribution is 2.23. The number of carbonyl (C=O) groups is 1. The van der Waals surface area contributed by atoms with E-state index in [1.54, 1.807) is 17.2 Å². The number of aromatic nitrogens is 1. The minimum atomic E-state index is -0.311. The summed E-state index contributed by atoms with van der Waals surface area (Å²) in [7, 11) is 0. The number of carbonyl (C=O) groups excluding carboxylic acids is 1. The van der Waals surface area contributed by atoms with Gasteiger partial charge in [-0.05, 0) is 38.8 Å². The van der Waals surface area contributed by atoms with E-state index in [9.17, 15) is 4.79 Å². The van der Waals surface area contributed by atoms with E-state index in [-0.39, 0.29) is 6.09 Å². The number of piperidine rings is 1. The Morgan fingerprint density at radius 3 is 2.50 bits per heavy atom.